The van der Waals surface area contributed by atoms with Crippen LogP contribution in [-0.4, -0.2) is 15.5 Å². The summed E-state index contributed by atoms with van der Waals surface area (Å²) in [5.74, 6) is 0.440. The molecule has 2 aromatic carbocycles. The van der Waals surface area contributed by atoms with Gasteiger partial charge in [0.1, 0.15) is 5.75 Å². The normalized spacial score (nSPS) is 15.2. The molecule has 1 aliphatic heterocycles. The number of methoxy groups -OCH3 is 1. The molecule has 9 heteroatoms. The van der Waals surface area contributed by atoms with Crippen molar-refractivity contribution in [2.45, 2.75) is 10.9 Å². The molecule has 140 valence electrons. The molecule has 0 N–H and O–H groups in total. The molecule has 0 bridgehead atoms. The third-order valence-corrected chi connectivity index (χ3v) is 7.94. The maximum absolute atomic E-state index is 15.4. The van der Waals surface area contributed by atoms with Crippen LogP contribution in [0.3, 0.4) is 0 Å². The largest absolute Gasteiger partial charge is 0.497 e. The van der Waals surface area contributed by atoms with Crippen LogP contribution in [0.5, 0.6) is 5.75 Å². The molecular formula is C18H12F2INO3S2. The fourth-order valence-electron chi connectivity index (χ4n) is 3.03. The topological polar surface area (TPSA) is 46.6 Å². The van der Waals surface area contributed by atoms with E-state index in [4.69, 9.17) is 4.74 Å². The highest BCUT2D eigenvalue weighted by Crippen LogP contribution is 2.54. The van der Waals surface area contributed by atoms with Gasteiger partial charge in [0.15, 0.2) is 0 Å². The Bertz CT molecular complexity index is 1130. The zero-order valence-electron chi connectivity index (χ0n) is 13.8. The molecule has 2 heterocycles. The number of hydrogen-bond donors (Lipinski definition) is 0. The van der Waals surface area contributed by atoms with Gasteiger partial charge in [-0.25, -0.2) is 8.42 Å². The van der Waals surface area contributed by atoms with Crippen LogP contribution in [-0.2, 0) is 16.1 Å². The molecule has 4 rings (SSSR count). The molecule has 4 nitrogen and oxygen atoms in total. The number of nitrogens with zero attached hydrogens (tertiary/aromatic N) is 1. The molecule has 0 saturated carbocycles. The zero-order valence-corrected chi connectivity index (χ0v) is 17.6. The van der Waals surface area contributed by atoms with E-state index in [1.54, 1.807) is 12.1 Å². The lowest BCUT2D eigenvalue weighted by Gasteiger charge is -2.36. The Morgan fingerprint density at radius 3 is 2.44 bits per heavy atom. The van der Waals surface area contributed by atoms with Gasteiger partial charge in [-0.05, 0) is 52.9 Å². The Balaban J connectivity index is 1.96. The minimum absolute atomic E-state index is 0.0103. The summed E-state index contributed by atoms with van der Waals surface area (Å²) in [5.41, 5.74) is 0.0170. The smallest absolute Gasteiger partial charge is 0.366 e. The van der Waals surface area contributed by atoms with Gasteiger partial charge < -0.3 is 4.74 Å². The fraction of sp³-hybridized carbons (Fsp3) is 0.111. The predicted molar refractivity (Wildman–Crippen MR) is 109 cm³/mol. The number of fused-ring (bicyclic) bond motifs is 3. The number of rotatable bonds is 3. The number of hydrogen-bond acceptors (Lipinski definition) is 4. The van der Waals surface area contributed by atoms with E-state index < -0.39 is 16.1 Å². The lowest BCUT2D eigenvalue weighted by Crippen LogP contribution is -2.46. The molecular weight excluding hydrogens is 507 g/mol. The number of sulfonamides is 1. The summed E-state index contributed by atoms with van der Waals surface area (Å²) in [6.07, 6.45) is 0. The minimum atomic E-state index is -4.51. The van der Waals surface area contributed by atoms with E-state index in [-0.39, 0.29) is 20.5 Å². The average Bonchev–Trinajstić information content (AvgIpc) is 3.02. The van der Waals surface area contributed by atoms with Crippen LogP contribution < -0.4 is 9.04 Å². The van der Waals surface area contributed by atoms with E-state index >= 15 is 8.78 Å². The summed E-state index contributed by atoms with van der Waals surface area (Å²) < 4.78 is 63.2. The van der Waals surface area contributed by atoms with Gasteiger partial charge in [-0.1, -0.05) is 24.3 Å². The predicted octanol–water partition coefficient (Wildman–Crippen LogP) is 5.29. The number of anilines is 1. The summed E-state index contributed by atoms with van der Waals surface area (Å²) in [7, 11) is -3.06. The lowest BCUT2D eigenvalue weighted by molar-refractivity contribution is 0.00907. The summed E-state index contributed by atoms with van der Waals surface area (Å²) in [5, 5.41) is 0. The van der Waals surface area contributed by atoms with Crippen molar-refractivity contribution in [1.29, 1.82) is 0 Å². The second-order valence-electron chi connectivity index (χ2n) is 5.80. The first-order valence-electron chi connectivity index (χ1n) is 7.73. The third kappa shape index (κ3) is 2.83. The number of benzene rings is 2. The van der Waals surface area contributed by atoms with Crippen molar-refractivity contribution in [2.24, 2.45) is 0 Å². The van der Waals surface area contributed by atoms with Gasteiger partial charge in [-0.2, -0.15) is 13.1 Å². The van der Waals surface area contributed by atoms with E-state index in [0.29, 0.717) is 16.2 Å². The van der Waals surface area contributed by atoms with Crippen LogP contribution in [0.15, 0.2) is 59.5 Å². The van der Waals surface area contributed by atoms with Crippen molar-refractivity contribution in [2.75, 3.05) is 11.4 Å². The summed E-state index contributed by atoms with van der Waals surface area (Å²) >= 11 is 3.29. The van der Waals surface area contributed by atoms with Gasteiger partial charge in [0.2, 0.25) is 0 Å². The molecule has 0 amide bonds. The monoisotopic (exact) mass is 519 g/mol. The first kappa shape index (κ1) is 18.6. The van der Waals surface area contributed by atoms with Gasteiger partial charge in [0, 0.05) is 5.56 Å². The summed E-state index contributed by atoms with van der Waals surface area (Å²) in [4.78, 5) is 0.285. The lowest BCUT2D eigenvalue weighted by atomic mass is 10.00. The van der Waals surface area contributed by atoms with Gasteiger partial charge in [-0.15, -0.1) is 11.3 Å². The van der Waals surface area contributed by atoms with Crippen LogP contribution >= 0.6 is 33.9 Å². The summed E-state index contributed by atoms with van der Waals surface area (Å²) in [6, 6.07) is 9.16. The number of alkyl halides is 2. The van der Waals surface area contributed by atoms with E-state index in [9.17, 15) is 8.42 Å². The van der Waals surface area contributed by atoms with Gasteiger partial charge >= 0.3 is 6.05 Å². The Morgan fingerprint density at radius 1 is 1.11 bits per heavy atom. The second kappa shape index (κ2) is 6.42. The highest BCUT2D eigenvalue weighted by molar-refractivity contribution is 14.1. The van der Waals surface area contributed by atoms with Gasteiger partial charge in [0.25, 0.3) is 10.0 Å². The van der Waals surface area contributed by atoms with Gasteiger partial charge in [0.05, 0.1) is 31.0 Å². The van der Waals surface area contributed by atoms with Crippen molar-refractivity contribution < 1.29 is 21.9 Å². The van der Waals surface area contributed by atoms with E-state index in [0.717, 1.165) is 2.88 Å². The number of halogens is 3. The standard InChI is InChI=1S/C18H12F2INO3S2/c1-25-11-6-8-12(9-7-11)27(23,24)22-15-10-16(21)26-17(15)13-4-2-3-5-14(13)18(22,19)20/h2-10H,1H3. The molecule has 27 heavy (non-hydrogen) atoms. The van der Waals surface area contributed by atoms with Crippen LogP contribution in [0, 0.1) is 2.88 Å². The number of ether oxygens (including phenoxy) is 1. The number of thiophene rings is 1. The zero-order chi connectivity index (χ0) is 19.4. The Labute approximate surface area is 172 Å². The molecule has 0 saturated heterocycles. The highest BCUT2D eigenvalue weighted by atomic mass is 127. The van der Waals surface area contributed by atoms with Crippen LogP contribution in [0.4, 0.5) is 14.5 Å². The molecule has 0 fully saturated rings. The molecule has 0 aliphatic carbocycles. The van der Waals surface area contributed by atoms with E-state index in [1.807, 2.05) is 22.6 Å². The Morgan fingerprint density at radius 2 is 1.78 bits per heavy atom. The maximum atomic E-state index is 15.4. The first-order chi connectivity index (χ1) is 12.8. The molecule has 3 aromatic rings. The molecule has 1 aliphatic rings. The Kier molecular flexibility index (Phi) is 4.43. The molecule has 0 spiro atoms. The quantitative estimate of drug-likeness (QED) is 0.349. The third-order valence-electron chi connectivity index (χ3n) is 4.25. The fourth-order valence-corrected chi connectivity index (χ4v) is 6.45. The van der Waals surface area contributed by atoms with Crippen LogP contribution in [0.2, 0.25) is 0 Å². The molecule has 0 atom stereocenters. The molecule has 0 radical (unpaired) electrons. The van der Waals surface area contributed by atoms with Crippen LogP contribution in [0.25, 0.3) is 10.4 Å². The maximum Gasteiger partial charge on any atom is 0.366 e. The average molecular weight is 519 g/mol. The van der Waals surface area contributed by atoms with E-state index in [1.165, 1.54) is 60.9 Å². The SMILES string of the molecule is COc1ccc(S(=O)(=O)N2c3cc(I)sc3-c3ccccc3C2(F)F)cc1. The van der Waals surface area contributed by atoms with Crippen molar-refractivity contribution in [3.05, 3.63) is 63.0 Å². The van der Waals surface area contributed by atoms with Crippen molar-refractivity contribution in [3.8, 4) is 16.2 Å². The van der Waals surface area contributed by atoms with Crippen molar-refractivity contribution in [1.82, 2.24) is 0 Å². The van der Waals surface area contributed by atoms with Crippen LogP contribution in [0.1, 0.15) is 5.56 Å². The van der Waals surface area contributed by atoms with Crippen molar-refractivity contribution in [3.63, 3.8) is 0 Å². The summed E-state index contributed by atoms with van der Waals surface area (Å²) in [6.45, 7) is 0. The van der Waals surface area contributed by atoms with Crippen molar-refractivity contribution >= 4 is 49.6 Å². The molecule has 0 unspecified atom stereocenters. The van der Waals surface area contributed by atoms with E-state index in [2.05, 4.69) is 0 Å². The minimum Gasteiger partial charge on any atom is -0.497 e. The second-order valence-corrected chi connectivity index (χ2v) is 10.5. The van der Waals surface area contributed by atoms with Gasteiger partial charge in [-0.3, -0.25) is 0 Å². The molecule has 1 aromatic heterocycles. The Hall–Kier alpha value is -1.72. The highest BCUT2D eigenvalue weighted by Gasteiger charge is 2.52. The first-order valence-corrected chi connectivity index (χ1v) is 11.1.